The topological polar surface area (TPSA) is 66.4 Å². The second-order valence-corrected chi connectivity index (χ2v) is 4.25. The van der Waals surface area contributed by atoms with E-state index in [1.54, 1.807) is 0 Å². The smallest absolute Gasteiger partial charge is 0.232 e. The molecule has 0 aromatic rings. The number of unbranched alkanes of at least 4 members (excludes halogenated alkanes) is 1. The van der Waals surface area contributed by atoms with Gasteiger partial charge >= 0.3 is 0 Å². The van der Waals surface area contributed by atoms with E-state index < -0.39 is 9.99 Å². The van der Waals surface area contributed by atoms with Gasteiger partial charge in [-0.05, 0) is 13.3 Å². The second kappa shape index (κ2) is 5.16. The molecular weight excluding hydrogens is 178 g/mol. The van der Waals surface area contributed by atoms with Crippen molar-refractivity contribution in [3.8, 4) is 0 Å². The number of hydrogen-bond acceptors (Lipinski definition) is 2. The van der Waals surface area contributed by atoms with E-state index in [0.29, 0.717) is 6.42 Å². The zero-order valence-corrected chi connectivity index (χ0v) is 8.19. The molecule has 72 valence electrons. The van der Waals surface area contributed by atoms with Gasteiger partial charge in [0.2, 0.25) is 5.91 Å². The van der Waals surface area contributed by atoms with Crippen molar-refractivity contribution in [2.24, 2.45) is 0 Å². The Balaban J connectivity index is 3.94. The van der Waals surface area contributed by atoms with E-state index in [1.165, 1.54) is 6.92 Å². The molecule has 1 atom stereocenters. The van der Waals surface area contributed by atoms with E-state index in [0.717, 1.165) is 18.2 Å². The van der Waals surface area contributed by atoms with Gasteiger partial charge in [-0.2, -0.15) is 0 Å². The van der Waals surface area contributed by atoms with Crippen molar-refractivity contribution in [3.63, 3.8) is 0 Å². The van der Waals surface area contributed by atoms with Gasteiger partial charge in [-0.1, -0.05) is 13.3 Å². The summed E-state index contributed by atoms with van der Waals surface area (Å²) in [6.45, 7) is 3.39. The Kier molecular flexibility index (Phi) is 4.92. The van der Waals surface area contributed by atoms with Gasteiger partial charge in [-0.3, -0.25) is 14.1 Å². The van der Waals surface area contributed by atoms with Crippen LogP contribution < -0.4 is 4.72 Å². The van der Waals surface area contributed by atoms with Crippen LogP contribution >= 0.6 is 0 Å². The first-order valence-electron chi connectivity index (χ1n) is 3.88. The Morgan fingerprint density at radius 3 is 2.67 bits per heavy atom. The van der Waals surface area contributed by atoms with Crippen molar-refractivity contribution in [3.05, 3.63) is 0 Å². The van der Waals surface area contributed by atoms with Crippen LogP contribution in [0.15, 0.2) is 0 Å². The lowest BCUT2D eigenvalue weighted by Crippen LogP contribution is -2.30. The van der Waals surface area contributed by atoms with Crippen molar-refractivity contribution < 1.29 is 13.6 Å². The molecule has 1 amide bonds. The summed E-state index contributed by atoms with van der Waals surface area (Å²) in [6.07, 6.45) is 1.95. The first kappa shape index (κ1) is 11.4. The molecule has 0 bridgehead atoms. The van der Waals surface area contributed by atoms with Gasteiger partial charge in [0.05, 0.1) is 0 Å². The molecule has 12 heavy (non-hydrogen) atoms. The standard InChI is InChI=1S/C7H15NO3S/c1-3-5-6-7(9)8-12(10,11)4-2/h4H,3,5-6H2,1-2H3,(H2,8,9,10,11). The van der Waals surface area contributed by atoms with Crippen LogP contribution in [0.5, 0.6) is 0 Å². The lowest BCUT2D eigenvalue weighted by atomic mass is 10.2. The van der Waals surface area contributed by atoms with Gasteiger partial charge in [0.25, 0.3) is 0 Å². The molecule has 1 unspecified atom stereocenters. The van der Waals surface area contributed by atoms with Crippen LogP contribution in [-0.2, 0) is 14.8 Å². The maximum Gasteiger partial charge on any atom is 0.232 e. The lowest BCUT2D eigenvalue weighted by molar-refractivity contribution is -0.119. The van der Waals surface area contributed by atoms with E-state index in [1.807, 2.05) is 11.6 Å². The number of rotatable bonds is 4. The minimum atomic E-state index is -3.22. The Morgan fingerprint density at radius 2 is 2.25 bits per heavy atom. The average molecular weight is 193 g/mol. The Hall–Kier alpha value is -0.550. The Bertz CT molecular complexity index is 253. The third-order valence-corrected chi connectivity index (χ3v) is 2.50. The minimum absolute atomic E-state index is 0.307. The summed E-state index contributed by atoms with van der Waals surface area (Å²) in [4.78, 5) is 10.9. The number of carbonyl (C=O) groups is 1. The van der Waals surface area contributed by atoms with Crippen LogP contribution in [0, 0.1) is 0 Å². The molecule has 0 saturated carbocycles. The largest absolute Gasteiger partial charge is 0.298 e. The van der Waals surface area contributed by atoms with Gasteiger partial charge < -0.3 is 0 Å². The molecule has 0 spiro atoms. The van der Waals surface area contributed by atoms with Gasteiger partial charge in [-0.25, -0.2) is 4.21 Å². The molecule has 5 heteroatoms. The normalized spacial score (nSPS) is 14.9. The predicted molar refractivity (Wildman–Crippen MR) is 50.2 cm³/mol. The summed E-state index contributed by atoms with van der Waals surface area (Å²) in [7, 11) is -3.22. The van der Waals surface area contributed by atoms with Crippen LogP contribution in [0.25, 0.3) is 0 Å². The first-order valence-corrected chi connectivity index (χ1v) is 5.46. The Morgan fingerprint density at radius 1 is 1.67 bits per heavy atom. The molecular formula is C7H15NO3S. The van der Waals surface area contributed by atoms with Crippen LogP contribution in [0.4, 0.5) is 0 Å². The number of amides is 1. The monoisotopic (exact) mass is 193 g/mol. The van der Waals surface area contributed by atoms with Crippen LogP contribution in [0.1, 0.15) is 33.1 Å². The first-order chi connectivity index (χ1) is 5.52. The van der Waals surface area contributed by atoms with Crippen molar-refractivity contribution in [1.29, 1.82) is 0 Å². The third kappa shape index (κ3) is 5.15. The van der Waals surface area contributed by atoms with Gasteiger partial charge in [-0.15, -0.1) is 0 Å². The van der Waals surface area contributed by atoms with Crippen LogP contribution in [0.3, 0.4) is 0 Å². The Labute approximate surface area is 73.3 Å². The molecule has 0 saturated heterocycles. The van der Waals surface area contributed by atoms with Crippen LogP contribution in [-0.4, -0.2) is 20.0 Å². The highest BCUT2D eigenvalue weighted by Crippen LogP contribution is 1.93. The van der Waals surface area contributed by atoms with Crippen molar-refractivity contribution in [2.45, 2.75) is 33.1 Å². The van der Waals surface area contributed by atoms with E-state index in [2.05, 4.69) is 0 Å². The number of carbonyl (C=O) groups excluding carboxylic acids is 1. The molecule has 0 aliphatic rings. The summed E-state index contributed by atoms with van der Waals surface area (Å²) < 4.78 is 21.9. The molecule has 0 aromatic heterocycles. The molecule has 0 radical (unpaired) electrons. The van der Waals surface area contributed by atoms with Crippen LogP contribution in [0.2, 0.25) is 0 Å². The molecule has 0 rings (SSSR count). The third-order valence-electron chi connectivity index (χ3n) is 1.34. The fraction of sp³-hybridized carbons (Fsp3) is 0.714. The zero-order chi connectivity index (χ0) is 9.61. The predicted octanol–water partition coefficient (Wildman–Crippen LogP) is 0.787. The fourth-order valence-corrected chi connectivity index (χ4v) is 1.16. The summed E-state index contributed by atoms with van der Waals surface area (Å²) >= 11 is 0. The van der Waals surface area contributed by atoms with Crippen molar-refractivity contribution in [2.75, 3.05) is 0 Å². The fourth-order valence-electron chi connectivity index (χ4n) is 0.610. The highest BCUT2D eigenvalue weighted by Gasteiger charge is 2.05. The average Bonchev–Trinajstić information content (AvgIpc) is 2.00. The second-order valence-electron chi connectivity index (χ2n) is 2.43. The van der Waals surface area contributed by atoms with Gasteiger partial charge in [0.1, 0.15) is 0 Å². The lowest BCUT2D eigenvalue weighted by Gasteiger charge is -2.04. The molecule has 0 heterocycles. The van der Waals surface area contributed by atoms with Crippen molar-refractivity contribution >= 4 is 21.3 Å². The maximum atomic E-state index is 10.9. The quantitative estimate of drug-likeness (QED) is 0.649. The molecule has 0 fully saturated rings. The summed E-state index contributed by atoms with van der Waals surface area (Å²) in [5.41, 5.74) is 0. The van der Waals surface area contributed by atoms with E-state index in [-0.39, 0.29) is 5.91 Å². The summed E-state index contributed by atoms with van der Waals surface area (Å²) in [5, 5.41) is 1.08. The SMILES string of the molecule is CC=S(=O)(O)NC(=O)CCCC. The highest BCUT2D eigenvalue weighted by molar-refractivity contribution is 7.94. The molecule has 4 nitrogen and oxygen atoms in total. The number of hydrogen-bond donors (Lipinski definition) is 2. The number of nitrogens with one attached hydrogen (secondary N) is 1. The highest BCUT2D eigenvalue weighted by atomic mass is 32.2. The van der Waals surface area contributed by atoms with E-state index in [4.69, 9.17) is 4.55 Å². The molecule has 0 aliphatic heterocycles. The van der Waals surface area contributed by atoms with E-state index >= 15 is 0 Å². The summed E-state index contributed by atoms with van der Waals surface area (Å²) in [5.74, 6) is -0.373. The molecule has 0 aromatic carbocycles. The molecule has 2 N–H and O–H groups in total. The van der Waals surface area contributed by atoms with Gasteiger partial charge in [0.15, 0.2) is 9.99 Å². The maximum absolute atomic E-state index is 10.9. The molecule has 0 aliphatic carbocycles. The van der Waals surface area contributed by atoms with Gasteiger partial charge in [0, 0.05) is 11.8 Å². The zero-order valence-electron chi connectivity index (χ0n) is 7.37. The minimum Gasteiger partial charge on any atom is -0.298 e. The van der Waals surface area contributed by atoms with Crippen molar-refractivity contribution in [1.82, 2.24) is 4.72 Å². The van der Waals surface area contributed by atoms with E-state index in [9.17, 15) is 9.00 Å². The summed E-state index contributed by atoms with van der Waals surface area (Å²) in [6, 6.07) is 0.